The molecule has 0 fully saturated rings. The lowest BCUT2D eigenvalue weighted by atomic mass is 9.94. The summed E-state index contributed by atoms with van der Waals surface area (Å²) in [6.45, 7) is 4.03. The Morgan fingerprint density at radius 1 is 1.11 bits per heavy atom. The summed E-state index contributed by atoms with van der Waals surface area (Å²) in [7, 11) is 1.36. The maximum Gasteiger partial charge on any atom is 0.337 e. The fourth-order valence-corrected chi connectivity index (χ4v) is 3.47. The van der Waals surface area contributed by atoms with Crippen LogP contribution in [-0.4, -0.2) is 35.2 Å². The third-order valence-electron chi connectivity index (χ3n) is 4.95. The highest BCUT2D eigenvalue weighted by Crippen LogP contribution is 2.30. The molecule has 0 aromatic heterocycles. The number of carbonyl (C=O) groups is 2. The van der Waals surface area contributed by atoms with Gasteiger partial charge >= 0.3 is 5.97 Å². The highest BCUT2D eigenvalue weighted by atomic mass is 16.5. The number of nitrogens with zero attached hydrogens (tertiary/aromatic N) is 2. The molecule has 0 aliphatic carbocycles. The van der Waals surface area contributed by atoms with Gasteiger partial charge in [-0.1, -0.05) is 42.5 Å². The molecule has 0 atom stereocenters. The fourth-order valence-electron chi connectivity index (χ4n) is 3.47. The van der Waals surface area contributed by atoms with Gasteiger partial charge in [0.1, 0.15) is 0 Å². The van der Waals surface area contributed by atoms with Gasteiger partial charge in [-0.25, -0.2) is 9.80 Å². The van der Waals surface area contributed by atoms with Crippen LogP contribution in [0.3, 0.4) is 0 Å². The number of esters is 1. The number of hydrogen-bond donors (Lipinski definition) is 0. The minimum Gasteiger partial charge on any atom is -0.465 e. The van der Waals surface area contributed by atoms with E-state index in [1.165, 1.54) is 12.7 Å². The van der Waals surface area contributed by atoms with Crippen LogP contribution in [0.4, 0.5) is 0 Å². The third kappa shape index (κ3) is 4.47. The van der Waals surface area contributed by atoms with Crippen molar-refractivity contribution in [1.29, 1.82) is 0 Å². The second kappa shape index (κ2) is 8.38. The van der Waals surface area contributed by atoms with Gasteiger partial charge in [0.05, 0.1) is 23.9 Å². The molecule has 0 N–H and O–H groups in total. The van der Waals surface area contributed by atoms with E-state index in [0.717, 1.165) is 24.1 Å². The molecule has 3 rings (SSSR count). The van der Waals surface area contributed by atoms with Crippen molar-refractivity contribution in [2.75, 3.05) is 7.11 Å². The number of amides is 1. The molecule has 0 saturated carbocycles. The van der Waals surface area contributed by atoms with Crippen molar-refractivity contribution in [3.63, 3.8) is 0 Å². The van der Waals surface area contributed by atoms with E-state index in [4.69, 9.17) is 4.74 Å². The molecule has 1 aliphatic heterocycles. The van der Waals surface area contributed by atoms with Crippen molar-refractivity contribution < 1.29 is 14.3 Å². The lowest BCUT2D eigenvalue weighted by Gasteiger charge is -2.28. The molecule has 0 saturated heterocycles. The summed E-state index contributed by atoms with van der Waals surface area (Å²) >= 11 is 0. The maximum atomic E-state index is 12.8. The lowest BCUT2D eigenvalue weighted by Crippen LogP contribution is -2.40. The number of hydrazone groups is 1. The monoisotopic (exact) mass is 378 g/mol. The first-order valence-corrected chi connectivity index (χ1v) is 9.54. The van der Waals surface area contributed by atoms with Crippen molar-refractivity contribution >= 4 is 17.6 Å². The maximum absolute atomic E-state index is 12.8. The zero-order valence-corrected chi connectivity index (χ0v) is 16.6. The van der Waals surface area contributed by atoms with Crippen molar-refractivity contribution in [3.8, 4) is 0 Å². The lowest BCUT2D eigenvalue weighted by molar-refractivity contribution is -0.135. The molecular formula is C23H26N2O3. The molecule has 1 heterocycles. The Morgan fingerprint density at radius 3 is 2.57 bits per heavy atom. The minimum absolute atomic E-state index is 0.0278. The molecule has 0 unspecified atom stereocenters. The molecule has 28 heavy (non-hydrogen) atoms. The predicted molar refractivity (Wildman–Crippen MR) is 109 cm³/mol. The summed E-state index contributed by atoms with van der Waals surface area (Å²) in [5.41, 5.74) is 2.98. The smallest absolute Gasteiger partial charge is 0.337 e. The Hall–Kier alpha value is -2.95. The standard InChI is InChI=1S/C23H26N2O3/c1-23(2)16-20(18-12-8-13-19(15-18)22(27)28-3)24-25(23)21(26)14-7-11-17-9-5-4-6-10-17/h4-6,8-10,12-13,15H,7,11,14,16H2,1-3H3. The van der Waals surface area contributed by atoms with E-state index in [1.54, 1.807) is 23.2 Å². The quantitative estimate of drug-likeness (QED) is 0.708. The van der Waals surface area contributed by atoms with Crippen molar-refractivity contribution in [1.82, 2.24) is 5.01 Å². The van der Waals surface area contributed by atoms with Gasteiger partial charge in [0, 0.05) is 12.8 Å². The summed E-state index contributed by atoms with van der Waals surface area (Å²) < 4.78 is 4.79. The van der Waals surface area contributed by atoms with E-state index < -0.39 is 0 Å². The van der Waals surface area contributed by atoms with Crippen molar-refractivity contribution in [2.24, 2.45) is 5.10 Å². The van der Waals surface area contributed by atoms with Gasteiger partial charge in [-0.05, 0) is 49.9 Å². The highest BCUT2D eigenvalue weighted by Gasteiger charge is 2.38. The number of ether oxygens (including phenoxy) is 1. The van der Waals surface area contributed by atoms with Gasteiger partial charge in [-0.3, -0.25) is 4.79 Å². The fraction of sp³-hybridized carbons (Fsp3) is 0.348. The Labute approximate surface area is 166 Å². The summed E-state index contributed by atoms with van der Waals surface area (Å²) in [5, 5.41) is 6.22. The third-order valence-corrected chi connectivity index (χ3v) is 4.95. The number of benzene rings is 2. The van der Waals surface area contributed by atoms with Gasteiger partial charge in [-0.15, -0.1) is 0 Å². The average Bonchev–Trinajstić information content (AvgIpc) is 3.03. The minimum atomic E-state index is -0.388. The van der Waals surface area contributed by atoms with E-state index in [1.807, 2.05) is 38.1 Å². The van der Waals surface area contributed by atoms with Gasteiger partial charge in [0.15, 0.2) is 0 Å². The molecule has 5 heteroatoms. The number of rotatable bonds is 6. The van der Waals surface area contributed by atoms with E-state index >= 15 is 0 Å². The van der Waals surface area contributed by atoms with Crippen molar-refractivity contribution in [2.45, 2.75) is 45.1 Å². The molecule has 0 radical (unpaired) electrons. The van der Waals surface area contributed by atoms with Crippen LogP contribution in [-0.2, 0) is 16.0 Å². The van der Waals surface area contributed by atoms with Crippen LogP contribution in [0, 0.1) is 0 Å². The van der Waals surface area contributed by atoms with Crippen LogP contribution < -0.4 is 0 Å². The first kappa shape index (κ1) is 19.8. The molecule has 0 spiro atoms. The topological polar surface area (TPSA) is 59.0 Å². The largest absolute Gasteiger partial charge is 0.465 e. The Balaban J connectivity index is 1.70. The molecule has 2 aromatic carbocycles. The first-order chi connectivity index (χ1) is 13.4. The Morgan fingerprint density at radius 2 is 1.86 bits per heavy atom. The Kier molecular flexibility index (Phi) is 5.93. The molecule has 146 valence electrons. The van der Waals surface area contributed by atoms with Crippen LogP contribution in [0.5, 0.6) is 0 Å². The van der Waals surface area contributed by atoms with Crippen LogP contribution >= 0.6 is 0 Å². The van der Waals surface area contributed by atoms with Crippen LogP contribution in [0.25, 0.3) is 0 Å². The molecular weight excluding hydrogens is 352 g/mol. The zero-order chi connectivity index (χ0) is 20.1. The van der Waals surface area contributed by atoms with E-state index in [0.29, 0.717) is 18.4 Å². The van der Waals surface area contributed by atoms with Gasteiger partial charge < -0.3 is 4.74 Å². The average molecular weight is 378 g/mol. The van der Waals surface area contributed by atoms with Gasteiger partial charge in [0.2, 0.25) is 5.91 Å². The first-order valence-electron chi connectivity index (χ1n) is 9.54. The molecule has 2 aromatic rings. The summed E-state index contributed by atoms with van der Waals surface area (Å²) in [4.78, 5) is 24.6. The van der Waals surface area contributed by atoms with Gasteiger partial charge in [0.25, 0.3) is 0 Å². The Bertz CT molecular complexity index is 888. The summed E-state index contributed by atoms with van der Waals surface area (Å²) in [6, 6.07) is 17.4. The van der Waals surface area contributed by atoms with Crippen LogP contribution in [0.1, 0.15) is 54.6 Å². The van der Waals surface area contributed by atoms with E-state index in [-0.39, 0.29) is 17.4 Å². The molecule has 5 nitrogen and oxygen atoms in total. The second-order valence-electron chi connectivity index (χ2n) is 7.65. The number of hydrogen-bond acceptors (Lipinski definition) is 4. The predicted octanol–water partition coefficient (Wildman–Crippen LogP) is 4.21. The molecule has 1 amide bonds. The number of carbonyl (C=O) groups excluding carboxylic acids is 2. The van der Waals surface area contributed by atoms with E-state index in [9.17, 15) is 9.59 Å². The van der Waals surface area contributed by atoms with Crippen LogP contribution in [0.15, 0.2) is 59.7 Å². The summed E-state index contributed by atoms with van der Waals surface area (Å²) in [6.07, 6.45) is 2.76. The summed E-state index contributed by atoms with van der Waals surface area (Å²) in [5.74, 6) is -0.353. The second-order valence-corrected chi connectivity index (χ2v) is 7.65. The highest BCUT2D eigenvalue weighted by molar-refractivity contribution is 6.05. The zero-order valence-electron chi connectivity index (χ0n) is 16.6. The SMILES string of the molecule is COC(=O)c1cccc(C2=NN(C(=O)CCCc3ccccc3)C(C)(C)C2)c1. The number of aryl methyl sites for hydroxylation is 1. The van der Waals surface area contributed by atoms with E-state index in [2.05, 4.69) is 17.2 Å². The molecule has 0 bridgehead atoms. The van der Waals surface area contributed by atoms with Gasteiger partial charge in [-0.2, -0.15) is 5.10 Å². The molecule has 1 aliphatic rings. The number of methoxy groups -OCH3 is 1. The van der Waals surface area contributed by atoms with Crippen LogP contribution in [0.2, 0.25) is 0 Å². The normalized spacial score (nSPS) is 15.2. The van der Waals surface area contributed by atoms with Crippen molar-refractivity contribution in [3.05, 3.63) is 71.3 Å².